The molecule has 1 aliphatic heterocycles. The zero-order chi connectivity index (χ0) is 14.7. The molecule has 2 saturated carbocycles. The summed E-state index contributed by atoms with van der Waals surface area (Å²) in [5.74, 6) is 0.203. The maximum atomic E-state index is 11.9. The fourth-order valence-corrected chi connectivity index (χ4v) is 4.43. The van der Waals surface area contributed by atoms with Gasteiger partial charge in [0.15, 0.2) is 11.5 Å². The number of carboxylic acids is 1. The monoisotopic (exact) mass is 352 g/mol. The number of carboxylic acid groups (broad SMARTS) is 1. The summed E-state index contributed by atoms with van der Waals surface area (Å²) < 4.78 is 12.7. The molecule has 2 aliphatic carbocycles. The molecule has 0 bridgehead atoms. The molecular weight excluding hydrogens is 336 g/mol. The molecule has 5 heteroatoms. The minimum atomic E-state index is -0.785. The predicted molar refractivity (Wildman–Crippen MR) is 79.8 cm³/mol. The van der Waals surface area contributed by atoms with Gasteiger partial charge in [-0.1, -0.05) is 28.8 Å². The molecule has 112 valence electrons. The van der Waals surface area contributed by atoms with Crippen molar-refractivity contribution in [1.82, 2.24) is 0 Å². The molecule has 21 heavy (non-hydrogen) atoms. The number of hydrogen-bond donors (Lipinski definition) is 1. The zero-order valence-electron chi connectivity index (χ0n) is 11.7. The Morgan fingerprint density at radius 3 is 2.19 bits per heavy atom. The lowest BCUT2D eigenvalue weighted by molar-refractivity contribution is -0.143. The Labute approximate surface area is 131 Å². The number of rotatable bonds is 2. The van der Waals surface area contributed by atoms with E-state index in [0.29, 0.717) is 18.6 Å². The van der Waals surface area contributed by atoms with Crippen molar-refractivity contribution < 1.29 is 19.4 Å². The van der Waals surface area contributed by atoms with E-state index in [1.807, 2.05) is 12.1 Å². The van der Waals surface area contributed by atoms with Crippen LogP contribution in [0.25, 0.3) is 0 Å². The summed E-state index contributed by atoms with van der Waals surface area (Å²) in [6.07, 6.45) is 6.20. The minimum Gasteiger partial charge on any atom is -0.481 e. The summed E-state index contributed by atoms with van der Waals surface area (Å²) in [5.41, 5.74) is 0.0401. The molecule has 1 heterocycles. The van der Waals surface area contributed by atoms with Gasteiger partial charge in [-0.2, -0.15) is 0 Å². The molecule has 1 aromatic rings. The van der Waals surface area contributed by atoms with Crippen LogP contribution in [0, 0.1) is 0 Å². The zero-order valence-corrected chi connectivity index (χ0v) is 13.2. The van der Waals surface area contributed by atoms with Gasteiger partial charge in [0, 0.05) is 17.3 Å². The van der Waals surface area contributed by atoms with E-state index in [4.69, 9.17) is 9.47 Å². The quantitative estimate of drug-likeness (QED) is 0.873. The Morgan fingerprint density at radius 1 is 1.05 bits per heavy atom. The number of hydrogen-bond acceptors (Lipinski definition) is 3. The molecule has 3 aliphatic rings. The van der Waals surface area contributed by atoms with Crippen molar-refractivity contribution in [3.8, 4) is 11.5 Å². The lowest BCUT2D eigenvalue weighted by Crippen LogP contribution is -2.45. The Balaban J connectivity index is 1.78. The molecule has 0 unspecified atom stereocenters. The summed E-state index contributed by atoms with van der Waals surface area (Å²) in [6, 6.07) is 3.76. The van der Waals surface area contributed by atoms with Crippen LogP contribution in [0.2, 0.25) is 0 Å². The predicted octanol–water partition coefficient (Wildman–Crippen LogP) is 4.00. The van der Waals surface area contributed by atoms with Crippen molar-refractivity contribution in [2.24, 2.45) is 0 Å². The van der Waals surface area contributed by atoms with Crippen LogP contribution in [-0.2, 0) is 10.2 Å². The van der Waals surface area contributed by atoms with Gasteiger partial charge < -0.3 is 14.6 Å². The molecule has 4 rings (SSSR count). The first kappa shape index (κ1) is 13.4. The Kier molecular flexibility index (Phi) is 2.80. The lowest BCUT2D eigenvalue weighted by atomic mass is 9.79. The Morgan fingerprint density at radius 2 is 1.67 bits per heavy atom. The highest BCUT2D eigenvalue weighted by Gasteiger charge is 2.49. The summed E-state index contributed by atoms with van der Waals surface area (Å²) in [7, 11) is 0. The molecule has 0 amide bonds. The van der Waals surface area contributed by atoms with Crippen LogP contribution in [0.15, 0.2) is 16.6 Å². The number of benzene rings is 1. The fourth-order valence-electron chi connectivity index (χ4n) is 3.73. The fraction of sp³-hybridized carbons (Fsp3) is 0.562. The Hall–Kier alpha value is -1.23. The first-order valence-corrected chi connectivity index (χ1v) is 8.30. The van der Waals surface area contributed by atoms with E-state index < -0.39 is 17.2 Å². The van der Waals surface area contributed by atoms with E-state index in [2.05, 4.69) is 15.9 Å². The normalized spacial score (nSPS) is 24.0. The van der Waals surface area contributed by atoms with Crippen LogP contribution >= 0.6 is 15.9 Å². The van der Waals surface area contributed by atoms with E-state index in [-0.39, 0.29) is 0 Å². The van der Waals surface area contributed by atoms with Crippen molar-refractivity contribution in [2.75, 3.05) is 0 Å². The molecule has 0 aromatic heterocycles. The second-order valence-electron chi connectivity index (χ2n) is 6.34. The van der Waals surface area contributed by atoms with Crippen LogP contribution in [-0.4, -0.2) is 16.9 Å². The molecular formula is C16H17BrO4. The number of carbonyl (C=O) groups is 1. The maximum absolute atomic E-state index is 11.9. The third-order valence-electron chi connectivity index (χ3n) is 5.12. The smallest absolute Gasteiger partial charge is 0.314 e. The third kappa shape index (κ3) is 1.83. The molecule has 0 radical (unpaired) electrons. The molecule has 2 fully saturated rings. The minimum absolute atomic E-state index is 0.480. The van der Waals surface area contributed by atoms with E-state index in [9.17, 15) is 9.90 Å². The standard InChI is InChI=1S/C16H17BrO4/c17-11-9-13-12(20-16(21-13)6-3-7-16)8-10(11)15(14(18)19)4-1-2-5-15/h8-9H,1-7H2,(H,18,19). The van der Waals surface area contributed by atoms with E-state index in [1.165, 1.54) is 0 Å². The highest BCUT2D eigenvalue weighted by molar-refractivity contribution is 9.10. The summed E-state index contributed by atoms with van der Waals surface area (Å²) in [5, 5.41) is 9.76. The second-order valence-corrected chi connectivity index (χ2v) is 7.20. The summed E-state index contributed by atoms with van der Waals surface area (Å²) in [6.45, 7) is 0. The molecule has 1 N–H and O–H groups in total. The van der Waals surface area contributed by atoms with Gasteiger partial charge >= 0.3 is 5.97 Å². The maximum Gasteiger partial charge on any atom is 0.314 e. The topological polar surface area (TPSA) is 55.8 Å². The van der Waals surface area contributed by atoms with Crippen molar-refractivity contribution in [2.45, 2.75) is 56.1 Å². The van der Waals surface area contributed by atoms with Gasteiger partial charge in [0.2, 0.25) is 0 Å². The lowest BCUT2D eigenvalue weighted by Gasteiger charge is -2.35. The molecule has 1 aromatic carbocycles. The highest BCUT2D eigenvalue weighted by Crippen LogP contribution is 2.53. The van der Waals surface area contributed by atoms with Gasteiger partial charge in [0.1, 0.15) is 0 Å². The average molecular weight is 353 g/mol. The molecule has 0 saturated heterocycles. The van der Waals surface area contributed by atoms with Crippen molar-refractivity contribution in [3.63, 3.8) is 0 Å². The van der Waals surface area contributed by atoms with Crippen LogP contribution in [0.5, 0.6) is 11.5 Å². The molecule has 4 nitrogen and oxygen atoms in total. The van der Waals surface area contributed by atoms with Crippen LogP contribution in [0.4, 0.5) is 0 Å². The first-order chi connectivity index (χ1) is 10.0. The third-order valence-corrected chi connectivity index (χ3v) is 5.78. The highest BCUT2D eigenvalue weighted by atomic mass is 79.9. The number of halogens is 1. The van der Waals surface area contributed by atoms with Gasteiger partial charge in [-0.25, -0.2) is 0 Å². The van der Waals surface area contributed by atoms with Gasteiger partial charge in [-0.15, -0.1) is 0 Å². The van der Waals surface area contributed by atoms with Crippen molar-refractivity contribution in [3.05, 3.63) is 22.2 Å². The van der Waals surface area contributed by atoms with Crippen molar-refractivity contribution in [1.29, 1.82) is 0 Å². The molecule has 0 atom stereocenters. The van der Waals surface area contributed by atoms with Crippen LogP contribution < -0.4 is 9.47 Å². The summed E-state index contributed by atoms with van der Waals surface area (Å²) >= 11 is 3.54. The van der Waals surface area contributed by atoms with Gasteiger partial charge in [0.05, 0.1) is 5.41 Å². The number of ether oxygens (including phenoxy) is 2. The van der Waals surface area contributed by atoms with Gasteiger partial charge in [0.25, 0.3) is 5.79 Å². The van der Waals surface area contributed by atoms with Crippen molar-refractivity contribution >= 4 is 21.9 Å². The Bertz CT molecular complexity index is 615. The first-order valence-electron chi connectivity index (χ1n) is 7.50. The SMILES string of the molecule is O=C(O)C1(c2cc3c(cc2Br)OC2(CCC2)O3)CCCC1. The van der Waals surface area contributed by atoms with E-state index in [1.54, 1.807) is 0 Å². The second kappa shape index (κ2) is 4.38. The molecule has 1 spiro atoms. The van der Waals surface area contributed by atoms with Crippen LogP contribution in [0.1, 0.15) is 50.5 Å². The number of aliphatic carboxylic acids is 1. The van der Waals surface area contributed by atoms with E-state index in [0.717, 1.165) is 47.9 Å². The van der Waals surface area contributed by atoms with Gasteiger partial charge in [-0.3, -0.25) is 4.79 Å². The van der Waals surface area contributed by atoms with E-state index >= 15 is 0 Å². The largest absolute Gasteiger partial charge is 0.481 e. The van der Waals surface area contributed by atoms with Crippen LogP contribution in [0.3, 0.4) is 0 Å². The summed E-state index contributed by atoms with van der Waals surface area (Å²) in [4.78, 5) is 11.9. The van der Waals surface area contributed by atoms with Gasteiger partial charge in [-0.05, 0) is 37.0 Å². The average Bonchev–Trinajstić information content (AvgIpc) is 3.01. The number of fused-ring (bicyclic) bond motifs is 1.